The Bertz CT molecular complexity index is 313. The molecule has 1 amide bonds. The highest BCUT2D eigenvalue weighted by atomic mass is 16.5. The summed E-state index contributed by atoms with van der Waals surface area (Å²) in [4.78, 5) is 12.9. The monoisotopic (exact) mass is 223 g/mol. The molecule has 0 saturated heterocycles. The summed E-state index contributed by atoms with van der Waals surface area (Å²) in [5.41, 5.74) is 1.06. The average Bonchev–Trinajstić information content (AvgIpc) is 2.30. The maximum Gasteiger partial charge on any atom is 0.250 e. The van der Waals surface area contributed by atoms with Gasteiger partial charge in [0.1, 0.15) is 13.3 Å². The fraction of sp³-hybridized carbons (Fsp3) is 0.417. The van der Waals surface area contributed by atoms with E-state index in [1.54, 1.807) is 14.2 Å². The summed E-state index contributed by atoms with van der Waals surface area (Å²) in [5, 5.41) is 0. The van der Waals surface area contributed by atoms with Gasteiger partial charge in [0, 0.05) is 14.2 Å². The smallest absolute Gasteiger partial charge is 0.250 e. The van der Waals surface area contributed by atoms with E-state index in [4.69, 9.17) is 9.47 Å². The molecule has 0 saturated carbocycles. The highest BCUT2D eigenvalue weighted by Gasteiger charge is 2.07. The fourth-order valence-electron chi connectivity index (χ4n) is 1.21. The van der Waals surface area contributed by atoms with Crippen LogP contribution >= 0.6 is 0 Å². The summed E-state index contributed by atoms with van der Waals surface area (Å²) < 4.78 is 10.1. The van der Waals surface area contributed by atoms with Crippen molar-refractivity contribution in [3.63, 3.8) is 0 Å². The van der Waals surface area contributed by atoms with Gasteiger partial charge >= 0.3 is 0 Å². The molecule has 16 heavy (non-hydrogen) atoms. The number of methoxy groups -OCH3 is 1. The van der Waals surface area contributed by atoms with Gasteiger partial charge in [-0.05, 0) is 5.56 Å². The molecule has 4 heteroatoms. The zero-order chi connectivity index (χ0) is 11.8. The van der Waals surface area contributed by atoms with Gasteiger partial charge in [0.05, 0.1) is 6.61 Å². The number of ether oxygens (including phenoxy) is 2. The molecule has 0 fully saturated rings. The molecule has 0 aliphatic carbocycles. The van der Waals surface area contributed by atoms with Crippen molar-refractivity contribution in [2.24, 2.45) is 0 Å². The van der Waals surface area contributed by atoms with Crippen LogP contribution in [0.4, 0.5) is 0 Å². The first-order valence-corrected chi connectivity index (χ1v) is 5.08. The SMILES string of the molecule is COCN(C)C(=O)COCc1ccccc1. The summed E-state index contributed by atoms with van der Waals surface area (Å²) in [6.45, 7) is 0.815. The van der Waals surface area contributed by atoms with Crippen LogP contribution in [0.1, 0.15) is 5.56 Å². The number of benzene rings is 1. The number of carbonyl (C=O) groups excluding carboxylic acids is 1. The van der Waals surface area contributed by atoms with E-state index in [9.17, 15) is 4.79 Å². The van der Waals surface area contributed by atoms with Gasteiger partial charge in [0.15, 0.2) is 0 Å². The molecule has 0 unspecified atom stereocenters. The second kappa shape index (κ2) is 6.98. The number of hydrogen-bond donors (Lipinski definition) is 0. The quantitative estimate of drug-likeness (QED) is 0.682. The van der Waals surface area contributed by atoms with Crippen molar-refractivity contribution >= 4 is 5.91 Å². The molecule has 4 nitrogen and oxygen atoms in total. The van der Waals surface area contributed by atoms with Gasteiger partial charge < -0.3 is 14.4 Å². The summed E-state index contributed by atoms with van der Waals surface area (Å²) in [6, 6.07) is 9.75. The number of rotatable bonds is 6. The summed E-state index contributed by atoms with van der Waals surface area (Å²) in [5.74, 6) is -0.0854. The van der Waals surface area contributed by atoms with E-state index in [2.05, 4.69) is 0 Å². The van der Waals surface area contributed by atoms with Crippen molar-refractivity contribution in [2.45, 2.75) is 6.61 Å². The largest absolute Gasteiger partial charge is 0.367 e. The number of amides is 1. The van der Waals surface area contributed by atoms with Crippen molar-refractivity contribution < 1.29 is 14.3 Å². The van der Waals surface area contributed by atoms with Crippen LogP contribution in [-0.4, -0.2) is 38.3 Å². The number of nitrogens with zero attached hydrogens (tertiary/aromatic N) is 1. The van der Waals surface area contributed by atoms with Gasteiger partial charge in [0.25, 0.3) is 0 Å². The van der Waals surface area contributed by atoms with Gasteiger partial charge in [-0.3, -0.25) is 4.79 Å². The second-order valence-corrected chi connectivity index (χ2v) is 3.49. The number of likely N-dealkylation sites (N-methyl/N-ethyl adjacent to an activating group) is 1. The molecule has 0 aliphatic rings. The molecule has 1 aromatic rings. The maximum absolute atomic E-state index is 11.4. The van der Waals surface area contributed by atoms with E-state index in [0.29, 0.717) is 6.61 Å². The first-order chi connectivity index (χ1) is 7.74. The van der Waals surface area contributed by atoms with Crippen molar-refractivity contribution in [1.29, 1.82) is 0 Å². The van der Waals surface area contributed by atoms with E-state index in [1.165, 1.54) is 4.90 Å². The average molecular weight is 223 g/mol. The minimum Gasteiger partial charge on any atom is -0.367 e. The Balaban J connectivity index is 2.23. The van der Waals surface area contributed by atoms with E-state index in [-0.39, 0.29) is 19.2 Å². The Labute approximate surface area is 95.8 Å². The maximum atomic E-state index is 11.4. The predicted molar refractivity (Wildman–Crippen MR) is 60.7 cm³/mol. The van der Waals surface area contributed by atoms with Crippen LogP contribution in [0.5, 0.6) is 0 Å². The minimum atomic E-state index is -0.0854. The molecule has 0 N–H and O–H groups in total. The van der Waals surface area contributed by atoms with Crippen molar-refractivity contribution in [3.8, 4) is 0 Å². The molecule has 0 aliphatic heterocycles. The number of carbonyl (C=O) groups is 1. The standard InChI is InChI=1S/C12H17NO3/c1-13(10-15-2)12(14)9-16-8-11-6-4-3-5-7-11/h3-7H,8-10H2,1-2H3. The van der Waals surface area contributed by atoms with Gasteiger partial charge in [-0.15, -0.1) is 0 Å². The van der Waals surface area contributed by atoms with Crippen LogP contribution in [-0.2, 0) is 20.9 Å². The molecule has 0 spiro atoms. The van der Waals surface area contributed by atoms with Crippen LogP contribution in [0.3, 0.4) is 0 Å². The Hall–Kier alpha value is -1.39. The third-order valence-electron chi connectivity index (χ3n) is 2.09. The molecular weight excluding hydrogens is 206 g/mol. The third kappa shape index (κ3) is 4.42. The fourth-order valence-corrected chi connectivity index (χ4v) is 1.21. The molecule has 0 bridgehead atoms. The Morgan fingerprint density at radius 1 is 1.31 bits per heavy atom. The van der Waals surface area contributed by atoms with Crippen molar-refractivity contribution in [3.05, 3.63) is 35.9 Å². The molecule has 0 heterocycles. The van der Waals surface area contributed by atoms with Crippen molar-refractivity contribution in [2.75, 3.05) is 27.5 Å². The molecule has 0 aromatic heterocycles. The van der Waals surface area contributed by atoms with Crippen LogP contribution in [0, 0.1) is 0 Å². The van der Waals surface area contributed by atoms with Crippen LogP contribution in [0.2, 0.25) is 0 Å². The molecule has 1 rings (SSSR count). The highest BCUT2D eigenvalue weighted by molar-refractivity contribution is 5.76. The van der Waals surface area contributed by atoms with Gasteiger partial charge in [0.2, 0.25) is 5.91 Å². The van der Waals surface area contributed by atoms with E-state index in [1.807, 2.05) is 30.3 Å². The lowest BCUT2D eigenvalue weighted by Crippen LogP contribution is -2.31. The summed E-state index contributed by atoms with van der Waals surface area (Å²) in [7, 11) is 3.23. The third-order valence-corrected chi connectivity index (χ3v) is 2.09. The molecule has 0 radical (unpaired) electrons. The van der Waals surface area contributed by atoms with E-state index >= 15 is 0 Å². The van der Waals surface area contributed by atoms with Crippen LogP contribution in [0.25, 0.3) is 0 Å². The summed E-state index contributed by atoms with van der Waals surface area (Å²) in [6.07, 6.45) is 0. The Kier molecular flexibility index (Phi) is 5.53. The Morgan fingerprint density at radius 2 is 2.00 bits per heavy atom. The normalized spacial score (nSPS) is 10.1. The topological polar surface area (TPSA) is 38.8 Å². The zero-order valence-electron chi connectivity index (χ0n) is 9.68. The molecule has 1 aromatic carbocycles. The first-order valence-electron chi connectivity index (χ1n) is 5.08. The molecular formula is C12H17NO3. The van der Waals surface area contributed by atoms with E-state index < -0.39 is 0 Å². The molecule has 0 atom stereocenters. The molecule has 88 valence electrons. The highest BCUT2D eigenvalue weighted by Crippen LogP contribution is 2.00. The van der Waals surface area contributed by atoms with Gasteiger partial charge in [-0.1, -0.05) is 30.3 Å². The minimum absolute atomic E-state index is 0.0781. The zero-order valence-corrected chi connectivity index (χ0v) is 9.68. The van der Waals surface area contributed by atoms with Crippen molar-refractivity contribution in [1.82, 2.24) is 4.90 Å². The Morgan fingerprint density at radius 3 is 2.62 bits per heavy atom. The lowest BCUT2D eigenvalue weighted by molar-refractivity contribution is -0.139. The van der Waals surface area contributed by atoms with Crippen LogP contribution < -0.4 is 0 Å². The predicted octanol–water partition coefficient (Wildman–Crippen LogP) is 1.27. The summed E-state index contributed by atoms with van der Waals surface area (Å²) >= 11 is 0. The lowest BCUT2D eigenvalue weighted by Gasteiger charge is -2.15. The van der Waals surface area contributed by atoms with E-state index in [0.717, 1.165) is 5.56 Å². The first kappa shape index (κ1) is 12.7. The van der Waals surface area contributed by atoms with Gasteiger partial charge in [-0.2, -0.15) is 0 Å². The second-order valence-electron chi connectivity index (χ2n) is 3.49. The van der Waals surface area contributed by atoms with Gasteiger partial charge in [-0.25, -0.2) is 0 Å². The lowest BCUT2D eigenvalue weighted by atomic mass is 10.2. The van der Waals surface area contributed by atoms with Crippen LogP contribution in [0.15, 0.2) is 30.3 Å². The number of hydrogen-bond acceptors (Lipinski definition) is 3.